The van der Waals surface area contributed by atoms with Crippen molar-refractivity contribution in [1.29, 1.82) is 0 Å². The Balaban J connectivity index is 2.01. The highest BCUT2D eigenvalue weighted by molar-refractivity contribution is 6.03. The first-order valence-electron chi connectivity index (χ1n) is 11.9. The van der Waals surface area contributed by atoms with Gasteiger partial charge < -0.3 is 24.4 Å². The van der Waals surface area contributed by atoms with Gasteiger partial charge in [-0.1, -0.05) is 0 Å². The van der Waals surface area contributed by atoms with Crippen LogP contribution in [0.3, 0.4) is 0 Å². The zero-order valence-corrected chi connectivity index (χ0v) is 21.9. The van der Waals surface area contributed by atoms with Crippen molar-refractivity contribution in [3.05, 3.63) is 11.4 Å². The molecule has 2 atom stereocenters. The van der Waals surface area contributed by atoms with E-state index in [0.717, 1.165) is 6.42 Å². The summed E-state index contributed by atoms with van der Waals surface area (Å²) in [4.78, 5) is 52.2. The van der Waals surface area contributed by atoms with Gasteiger partial charge in [0.1, 0.15) is 17.2 Å². The molecule has 2 amide bonds. The summed E-state index contributed by atoms with van der Waals surface area (Å²) in [5.41, 5.74) is -1.10. The van der Waals surface area contributed by atoms with Crippen molar-refractivity contribution in [2.24, 2.45) is 0 Å². The normalized spacial score (nSPS) is 19.0. The van der Waals surface area contributed by atoms with Crippen LogP contribution in [0, 0.1) is 0 Å². The number of likely N-dealkylation sites (tertiary alicyclic amines) is 1. The molecule has 0 radical (unpaired) electrons. The lowest BCUT2D eigenvalue weighted by Crippen LogP contribution is -2.51. The first-order chi connectivity index (χ1) is 16.1. The van der Waals surface area contributed by atoms with E-state index in [0.29, 0.717) is 30.2 Å². The van der Waals surface area contributed by atoms with Crippen molar-refractivity contribution in [2.75, 3.05) is 37.0 Å². The van der Waals surface area contributed by atoms with Gasteiger partial charge in [0.05, 0.1) is 31.2 Å². The number of rotatable bonds is 6. The predicted molar refractivity (Wildman–Crippen MR) is 130 cm³/mol. The van der Waals surface area contributed by atoms with Crippen molar-refractivity contribution < 1.29 is 29.0 Å². The maximum Gasteiger partial charge on any atom is 0.410 e. The monoisotopic (exact) mass is 491 g/mol. The summed E-state index contributed by atoms with van der Waals surface area (Å²) in [5.74, 6) is -0.389. The van der Waals surface area contributed by atoms with Crippen LogP contribution in [0.15, 0.2) is 0 Å². The van der Waals surface area contributed by atoms with E-state index in [1.54, 1.807) is 35.6 Å². The number of carbonyl (C=O) groups excluding carboxylic acids is 3. The number of amides is 2. The smallest absolute Gasteiger partial charge is 0.410 e. The molecule has 0 saturated carbocycles. The maximum atomic E-state index is 13.3. The molecule has 0 spiro atoms. The lowest BCUT2D eigenvalue weighted by Gasteiger charge is -2.36. The second kappa shape index (κ2) is 9.60. The number of aliphatic hydroxyl groups is 1. The fourth-order valence-corrected chi connectivity index (χ4v) is 4.76. The molecule has 1 N–H and O–H groups in total. The van der Waals surface area contributed by atoms with E-state index in [9.17, 15) is 19.5 Å². The first kappa shape index (κ1) is 26.7. The van der Waals surface area contributed by atoms with Crippen LogP contribution in [0.5, 0.6) is 0 Å². The number of likely N-dealkylation sites (N-methyl/N-ethyl adjacent to an activating group) is 1. The Morgan fingerprint density at radius 1 is 1.23 bits per heavy atom. The Labute approximate surface area is 206 Å². The molecule has 2 aliphatic heterocycles. The third kappa shape index (κ3) is 5.83. The molecule has 3 rings (SSSR count). The van der Waals surface area contributed by atoms with Crippen LogP contribution in [0.2, 0.25) is 0 Å². The van der Waals surface area contributed by atoms with E-state index in [-0.39, 0.29) is 30.7 Å². The van der Waals surface area contributed by atoms with E-state index < -0.39 is 29.3 Å². The minimum atomic E-state index is -1.04. The number of hydrogen-bond donors (Lipinski definition) is 1. The Kier molecular flexibility index (Phi) is 7.31. The summed E-state index contributed by atoms with van der Waals surface area (Å²) < 4.78 is 10.4. The quantitative estimate of drug-likeness (QED) is 0.596. The molecule has 35 heavy (non-hydrogen) atoms. The van der Waals surface area contributed by atoms with Crippen LogP contribution in [-0.2, 0) is 20.7 Å². The topological polar surface area (TPSA) is 125 Å². The van der Waals surface area contributed by atoms with Gasteiger partial charge in [0.15, 0.2) is 0 Å². The lowest BCUT2D eigenvalue weighted by atomic mass is 10.1. The maximum absolute atomic E-state index is 13.3. The van der Waals surface area contributed by atoms with E-state index in [1.165, 1.54) is 7.11 Å². The van der Waals surface area contributed by atoms with Crippen LogP contribution in [-0.4, -0.2) is 88.5 Å². The number of nitrogens with zero attached hydrogens (tertiary/aromatic N) is 5. The van der Waals surface area contributed by atoms with Gasteiger partial charge in [0, 0.05) is 25.7 Å². The van der Waals surface area contributed by atoms with E-state index in [2.05, 4.69) is 9.97 Å². The molecule has 1 saturated heterocycles. The molecule has 2 aliphatic rings. The molecule has 0 aliphatic carbocycles. The van der Waals surface area contributed by atoms with Crippen LogP contribution in [0.25, 0.3) is 0 Å². The Bertz CT molecular complexity index is 999. The van der Waals surface area contributed by atoms with Crippen LogP contribution < -0.4 is 9.80 Å². The number of hydrogen-bond acceptors (Lipinski definition) is 9. The average Bonchev–Trinajstić information content (AvgIpc) is 3.33. The molecule has 0 bridgehead atoms. The SMILES string of the molecule is COC(=O)c1nc(N(C)CC(C)(C)O)c2c(n1)N(C(C)[C@@H]1CCCN1C(=O)OC(C)(C)C)C(=O)C2. The highest BCUT2D eigenvalue weighted by Crippen LogP contribution is 2.37. The number of aromatic nitrogens is 2. The van der Waals surface area contributed by atoms with Gasteiger partial charge >= 0.3 is 12.1 Å². The summed E-state index contributed by atoms with van der Waals surface area (Å²) in [6, 6.07) is -0.680. The highest BCUT2D eigenvalue weighted by atomic mass is 16.6. The van der Waals surface area contributed by atoms with Crippen molar-refractivity contribution >= 4 is 29.6 Å². The molecule has 1 aromatic rings. The van der Waals surface area contributed by atoms with Crippen LogP contribution in [0.1, 0.15) is 70.6 Å². The van der Waals surface area contributed by atoms with Gasteiger partial charge in [-0.3, -0.25) is 9.69 Å². The van der Waals surface area contributed by atoms with Gasteiger partial charge in [-0.2, -0.15) is 0 Å². The van der Waals surface area contributed by atoms with Crippen LogP contribution in [0.4, 0.5) is 16.4 Å². The molecular weight excluding hydrogens is 454 g/mol. The molecule has 0 aromatic carbocycles. The van der Waals surface area contributed by atoms with Gasteiger partial charge in [-0.25, -0.2) is 19.6 Å². The van der Waals surface area contributed by atoms with Gasteiger partial charge in [-0.15, -0.1) is 0 Å². The number of ether oxygens (including phenoxy) is 2. The van der Waals surface area contributed by atoms with Gasteiger partial charge in [-0.05, 0) is 54.4 Å². The Morgan fingerprint density at radius 3 is 2.46 bits per heavy atom. The summed E-state index contributed by atoms with van der Waals surface area (Å²) in [7, 11) is 2.97. The number of anilines is 2. The molecule has 1 aromatic heterocycles. The van der Waals surface area contributed by atoms with E-state index in [1.807, 2.05) is 27.7 Å². The van der Waals surface area contributed by atoms with E-state index >= 15 is 0 Å². The standard InChI is InChI=1S/C24H37N5O6/c1-14(16-10-9-11-28(16)22(32)35-23(2,3)4)29-17(30)12-15-19(27(7)13-24(5,6)33)25-18(21(31)34-8)26-20(15)29/h14,16,33H,9-13H2,1-8H3/t14?,16-/m0/s1. The van der Waals surface area contributed by atoms with Crippen LogP contribution >= 0.6 is 0 Å². The summed E-state index contributed by atoms with van der Waals surface area (Å²) in [5, 5.41) is 10.3. The van der Waals surface area contributed by atoms with E-state index in [4.69, 9.17) is 9.47 Å². The third-order valence-corrected chi connectivity index (χ3v) is 6.03. The summed E-state index contributed by atoms with van der Waals surface area (Å²) in [6.45, 7) is 11.4. The molecule has 1 unspecified atom stereocenters. The Hall–Kier alpha value is -2.95. The number of carbonyl (C=O) groups is 3. The highest BCUT2D eigenvalue weighted by Gasteiger charge is 2.44. The second-order valence-corrected chi connectivity index (χ2v) is 10.9. The minimum absolute atomic E-state index is 0.0474. The zero-order valence-electron chi connectivity index (χ0n) is 21.9. The molecular formula is C24H37N5O6. The summed E-state index contributed by atoms with van der Waals surface area (Å²) >= 11 is 0. The molecule has 1 fully saturated rings. The zero-order chi connectivity index (χ0) is 26.3. The largest absolute Gasteiger partial charge is 0.463 e. The number of methoxy groups -OCH3 is 1. The van der Waals surface area contributed by atoms with Crippen molar-refractivity contribution in [3.63, 3.8) is 0 Å². The Morgan fingerprint density at radius 2 is 1.89 bits per heavy atom. The van der Waals surface area contributed by atoms with Crippen molar-refractivity contribution in [1.82, 2.24) is 14.9 Å². The number of fused-ring (bicyclic) bond motifs is 1. The predicted octanol–water partition coefficient (Wildman–Crippen LogP) is 2.15. The fourth-order valence-electron chi connectivity index (χ4n) is 4.76. The van der Waals surface area contributed by atoms with Crippen molar-refractivity contribution in [3.8, 4) is 0 Å². The molecule has 3 heterocycles. The fraction of sp³-hybridized carbons (Fsp3) is 0.708. The van der Waals surface area contributed by atoms with Gasteiger partial charge in [0.2, 0.25) is 11.7 Å². The minimum Gasteiger partial charge on any atom is -0.463 e. The average molecular weight is 492 g/mol. The number of esters is 1. The molecule has 194 valence electrons. The molecule has 11 nitrogen and oxygen atoms in total. The van der Waals surface area contributed by atoms with Gasteiger partial charge in [0.25, 0.3) is 0 Å². The third-order valence-electron chi connectivity index (χ3n) is 6.03. The summed E-state index contributed by atoms with van der Waals surface area (Å²) in [6.07, 6.45) is 1.13. The lowest BCUT2D eigenvalue weighted by molar-refractivity contribution is -0.118. The first-order valence-corrected chi connectivity index (χ1v) is 11.9. The molecule has 11 heteroatoms. The van der Waals surface area contributed by atoms with Crippen molar-refractivity contribution in [2.45, 2.75) is 84.1 Å². The second-order valence-electron chi connectivity index (χ2n) is 10.9.